The van der Waals surface area contributed by atoms with Crippen LogP contribution in [0, 0.1) is 5.82 Å². The molecule has 0 aliphatic carbocycles. The minimum atomic E-state index is -0.693. The van der Waals surface area contributed by atoms with Crippen molar-refractivity contribution in [2.45, 2.75) is 12.7 Å². The number of rotatable bonds is 5. The normalized spacial score (nSPS) is 17.1. The van der Waals surface area contributed by atoms with Gasteiger partial charge in [-0.25, -0.2) is 4.39 Å². The van der Waals surface area contributed by atoms with Crippen LogP contribution in [0.4, 0.5) is 4.39 Å². The molecule has 7 nitrogen and oxygen atoms in total. The van der Waals surface area contributed by atoms with Crippen molar-refractivity contribution < 1.29 is 28.2 Å². The maximum Gasteiger partial charge on any atom is 0.267 e. The van der Waals surface area contributed by atoms with Crippen LogP contribution in [0.1, 0.15) is 15.9 Å². The van der Waals surface area contributed by atoms with E-state index in [1.165, 1.54) is 12.1 Å². The van der Waals surface area contributed by atoms with Crippen molar-refractivity contribution in [3.05, 3.63) is 89.7 Å². The minimum absolute atomic E-state index is 0.115. The first-order chi connectivity index (χ1) is 17.1. The van der Waals surface area contributed by atoms with Crippen LogP contribution in [-0.2, 0) is 11.4 Å². The Morgan fingerprint density at radius 1 is 0.886 bits per heavy atom. The van der Waals surface area contributed by atoms with E-state index in [1.54, 1.807) is 52.3 Å². The second kappa shape index (κ2) is 10.0. The summed E-state index contributed by atoms with van der Waals surface area (Å²) >= 11 is 0. The van der Waals surface area contributed by atoms with Gasteiger partial charge in [-0.3, -0.25) is 9.59 Å². The second-order valence-corrected chi connectivity index (χ2v) is 8.42. The van der Waals surface area contributed by atoms with E-state index in [0.29, 0.717) is 49.0 Å². The topological polar surface area (TPSA) is 68.3 Å². The van der Waals surface area contributed by atoms with Crippen molar-refractivity contribution in [3.8, 4) is 17.2 Å². The molecule has 0 saturated carbocycles. The Bertz CT molecular complexity index is 1210. The van der Waals surface area contributed by atoms with Gasteiger partial charge in [0.2, 0.25) is 6.10 Å². The Labute approximate surface area is 202 Å². The van der Waals surface area contributed by atoms with Gasteiger partial charge in [-0.15, -0.1) is 0 Å². The number of hydrogen-bond acceptors (Lipinski definition) is 5. The zero-order valence-corrected chi connectivity index (χ0v) is 19.1. The highest BCUT2D eigenvalue weighted by Crippen LogP contribution is 2.31. The van der Waals surface area contributed by atoms with Crippen molar-refractivity contribution in [1.29, 1.82) is 0 Å². The first-order valence-corrected chi connectivity index (χ1v) is 11.5. The molecule has 2 heterocycles. The summed E-state index contributed by atoms with van der Waals surface area (Å²) < 4.78 is 30.3. The largest absolute Gasteiger partial charge is 0.489 e. The van der Waals surface area contributed by atoms with E-state index in [1.807, 2.05) is 18.2 Å². The summed E-state index contributed by atoms with van der Waals surface area (Å²) in [5.74, 6) is 1.21. The van der Waals surface area contributed by atoms with Gasteiger partial charge in [-0.2, -0.15) is 0 Å². The SMILES string of the molecule is O=C(c1cccc(OCc2ccc(F)cc2)c1)N1CCN(C(=O)[C@H]2COc3ccccc3O2)CC1. The van der Waals surface area contributed by atoms with Crippen LogP contribution in [0.15, 0.2) is 72.8 Å². The lowest BCUT2D eigenvalue weighted by atomic mass is 10.1. The molecule has 0 spiro atoms. The summed E-state index contributed by atoms with van der Waals surface area (Å²) in [5.41, 5.74) is 1.35. The van der Waals surface area contributed by atoms with E-state index in [0.717, 1.165) is 5.56 Å². The summed E-state index contributed by atoms with van der Waals surface area (Å²) in [4.78, 5) is 29.5. The fourth-order valence-corrected chi connectivity index (χ4v) is 4.12. The maximum atomic E-state index is 13.1. The number of hydrogen-bond donors (Lipinski definition) is 0. The van der Waals surface area contributed by atoms with E-state index in [2.05, 4.69) is 0 Å². The third-order valence-electron chi connectivity index (χ3n) is 6.06. The van der Waals surface area contributed by atoms with Crippen LogP contribution >= 0.6 is 0 Å². The molecule has 1 fully saturated rings. The number of benzene rings is 3. The Kier molecular flexibility index (Phi) is 6.52. The molecule has 35 heavy (non-hydrogen) atoms. The summed E-state index contributed by atoms with van der Waals surface area (Å²) in [5, 5.41) is 0. The number of para-hydroxylation sites is 2. The number of fused-ring (bicyclic) bond motifs is 1. The second-order valence-electron chi connectivity index (χ2n) is 8.42. The molecule has 3 aromatic carbocycles. The predicted molar refractivity (Wildman–Crippen MR) is 126 cm³/mol. The van der Waals surface area contributed by atoms with Crippen molar-refractivity contribution in [2.75, 3.05) is 32.8 Å². The molecule has 0 N–H and O–H groups in total. The Morgan fingerprint density at radius 2 is 1.60 bits per heavy atom. The molecular weight excluding hydrogens is 451 g/mol. The van der Waals surface area contributed by atoms with Gasteiger partial charge in [-0.1, -0.05) is 30.3 Å². The fraction of sp³-hybridized carbons (Fsp3) is 0.259. The van der Waals surface area contributed by atoms with Crippen molar-refractivity contribution in [3.63, 3.8) is 0 Å². The highest BCUT2D eigenvalue weighted by atomic mass is 19.1. The first-order valence-electron chi connectivity index (χ1n) is 11.5. The Morgan fingerprint density at radius 3 is 2.37 bits per heavy atom. The van der Waals surface area contributed by atoms with E-state index < -0.39 is 6.10 Å². The minimum Gasteiger partial charge on any atom is -0.489 e. The Hall–Kier alpha value is -4.07. The molecular formula is C27H25FN2O5. The third kappa shape index (κ3) is 5.21. The predicted octanol–water partition coefficient (Wildman–Crippen LogP) is 3.53. The third-order valence-corrected chi connectivity index (χ3v) is 6.06. The van der Waals surface area contributed by atoms with E-state index in [-0.39, 0.29) is 30.8 Å². The lowest BCUT2D eigenvalue weighted by Gasteiger charge is -2.37. The first kappa shape index (κ1) is 22.7. The van der Waals surface area contributed by atoms with E-state index in [9.17, 15) is 14.0 Å². The van der Waals surface area contributed by atoms with Crippen LogP contribution in [-0.4, -0.2) is 60.5 Å². The van der Waals surface area contributed by atoms with Crippen LogP contribution in [0.3, 0.4) is 0 Å². The zero-order valence-electron chi connectivity index (χ0n) is 19.1. The molecule has 0 unspecified atom stereocenters. The lowest BCUT2D eigenvalue weighted by molar-refractivity contribution is -0.142. The van der Waals surface area contributed by atoms with Gasteiger partial charge in [0, 0.05) is 31.7 Å². The number of halogens is 1. The molecule has 2 aliphatic rings. The van der Waals surface area contributed by atoms with Gasteiger partial charge >= 0.3 is 0 Å². The van der Waals surface area contributed by atoms with Gasteiger partial charge in [0.25, 0.3) is 11.8 Å². The molecule has 8 heteroatoms. The summed E-state index contributed by atoms with van der Waals surface area (Å²) in [6.45, 7) is 2.14. The molecule has 0 bridgehead atoms. The molecule has 2 amide bonds. The molecule has 0 radical (unpaired) electrons. The van der Waals surface area contributed by atoms with Crippen LogP contribution in [0.5, 0.6) is 17.2 Å². The summed E-state index contributed by atoms with van der Waals surface area (Å²) in [7, 11) is 0. The highest BCUT2D eigenvalue weighted by molar-refractivity contribution is 5.95. The molecule has 3 aromatic rings. The van der Waals surface area contributed by atoms with Crippen LogP contribution in [0.2, 0.25) is 0 Å². The quantitative estimate of drug-likeness (QED) is 0.564. The highest BCUT2D eigenvalue weighted by Gasteiger charge is 2.33. The van der Waals surface area contributed by atoms with Crippen molar-refractivity contribution in [2.24, 2.45) is 0 Å². The molecule has 1 saturated heterocycles. The standard InChI is InChI=1S/C27H25FN2O5/c28-21-10-8-19(9-11-21)17-33-22-5-3-4-20(16-22)26(31)29-12-14-30(15-13-29)27(32)25-18-34-23-6-1-2-7-24(23)35-25/h1-11,16,25H,12-15,17-18H2/t25-/m1/s1. The van der Waals surface area contributed by atoms with Crippen LogP contribution < -0.4 is 14.2 Å². The monoisotopic (exact) mass is 476 g/mol. The number of nitrogens with zero attached hydrogens (tertiary/aromatic N) is 2. The number of piperazine rings is 1. The van der Waals surface area contributed by atoms with Gasteiger partial charge in [0.1, 0.15) is 24.8 Å². The molecule has 5 rings (SSSR count). The van der Waals surface area contributed by atoms with Crippen molar-refractivity contribution >= 4 is 11.8 Å². The average molecular weight is 477 g/mol. The zero-order chi connectivity index (χ0) is 24.2. The van der Waals surface area contributed by atoms with Crippen molar-refractivity contribution in [1.82, 2.24) is 9.80 Å². The number of ether oxygens (including phenoxy) is 3. The van der Waals surface area contributed by atoms with E-state index >= 15 is 0 Å². The molecule has 180 valence electrons. The molecule has 0 aromatic heterocycles. The maximum absolute atomic E-state index is 13.1. The Balaban J connectivity index is 1.15. The van der Waals surface area contributed by atoms with Gasteiger partial charge < -0.3 is 24.0 Å². The lowest BCUT2D eigenvalue weighted by Crippen LogP contribution is -2.55. The number of amides is 2. The summed E-state index contributed by atoms with van der Waals surface area (Å²) in [6.07, 6.45) is -0.693. The van der Waals surface area contributed by atoms with Gasteiger partial charge in [0.15, 0.2) is 11.5 Å². The molecule has 1 atom stereocenters. The molecule has 2 aliphatic heterocycles. The fourth-order valence-electron chi connectivity index (χ4n) is 4.12. The number of carbonyl (C=O) groups is 2. The van der Waals surface area contributed by atoms with Gasteiger partial charge in [-0.05, 0) is 48.0 Å². The van der Waals surface area contributed by atoms with Crippen LogP contribution in [0.25, 0.3) is 0 Å². The average Bonchev–Trinajstić information content (AvgIpc) is 2.92. The summed E-state index contributed by atoms with van der Waals surface area (Å²) in [6, 6.07) is 20.4. The number of carbonyl (C=O) groups excluding carboxylic acids is 2. The smallest absolute Gasteiger partial charge is 0.267 e. The van der Waals surface area contributed by atoms with Gasteiger partial charge in [0.05, 0.1) is 0 Å². The van der Waals surface area contributed by atoms with E-state index in [4.69, 9.17) is 14.2 Å².